The number of rotatable bonds is 2. The molecule has 0 atom stereocenters. The number of piperidine rings is 1. The Morgan fingerprint density at radius 2 is 1.88 bits per heavy atom. The predicted molar refractivity (Wildman–Crippen MR) is 68.3 cm³/mol. The van der Waals surface area contributed by atoms with Crippen LogP contribution < -0.4 is 10.6 Å². The molecule has 2 rings (SSSR count). The second-order valence-corrected chi connectivity index (χ2v) is 4.30. The third-order valence-electron chi connectivity index (χ3n) is 2.84. The van der Waals surface area contributed by atoms with Crippen molar-refractivity contribution in [1.82, 2.24) is 9.97 Å². The molecule has 0 aromatic carbocycles. The van der Waals surface area contributed by atoms with Gasteiger partial charge >= 0.3 is 0 Å². The average molecular weight is 263 g/mol. The molecule has 1 aliphatic rings. The number of halogens is 2. The van der Waals surface area contributed by atoms with E-state index in [0.717, 1.165) is 38.4 Å². The molecule has 1 aliphatic heterocycles. The predicted octanol–water partition coefficient (Wildman–Crippen LogP) is 1.73. The lowest BCUT2D eigenvalue weighted by atomic mass is 9.97. The zero-order chi connectivity index (χ0) is 10.7. The van der Waals surface area contributed by atoms with Crippen molar-refractivity contribution >= 4 is 30.0 Å². The molecule has 1 saturated heterocycles. The molecular weight excluding hydrogens is 247 g/mol. The van der Waals surface area contributed by atoms with Crippen LogP contribution in [0.2, 0.25) is 5.02 Å². The average Bonchev–Trinajstić information content (AvgIpc) is 2.30. The van der Waals surface area contributed by atoms with E-state index in [1.807, 2.05) is 0 Å². The lowest BCUT2D eigenvalue weighted by molar-refractivity contribution is 0.411. The first-order valence-corrected chi connectivity index (χ1v) is 5.60. The van der Waals surface area contributed by atoms with Crippen LogP contribution in [0.1, 0.15) is 12.8 Å². The Balaban J connectivity index is 0.00000128. The van der Waals surface area contributed by atoms with Crippen molar-refractivity contribution in [2.45, 2.75) is 12.8 Å². The summed E-state index contributed by atoms with van der Waals surface area (Å²) in [6, 6.07) is 0. The van der Waals surface area contributed by atoms with Crippen LogP contribution in [0.25, 0.3) is 0 Å². The molecule has 0 aliphatic carbocycles. The molecule has 0 bridgehead atoms. The minimum absolute atomic E-state index is 0. The van der Waals surface area contributed by atoms with E-state index in [0.29, 0.717) is 10.9 Å². The highest BCUT2D eigenvalue weighted by Gasteiger charge is 2.19. The van der Waals surface area contributed by atoms with Crippen LogP contribution in [-0.4, -0.2) is 29.6 Å². The maximum atomic E-state index is 5.74. The maximum Gasteiger partial charge on any atom is 0.225 e. The zero-order valence-corrected chi connectivity index (χ0v) is 10.5. The van der Waals surface area contributed by atoms with Crippen molar-refractivity contribution in [2.24, 2.45) is 11.7 Å². The molecule has 2 heterocycles. The molecule has 0 spiro atoms. The molecule has 16 heavy (non-hydrogen) atoms. The van der Waals surface area contributed by atoms with Gasteiger partial charge in [-0.2, -0.15) is 0 Å². The van der Waals surface area contributed by atoms with Crippen molar-refractivity contribution in [3.63, 3.8) is 0 Å². The molecule has 1 aromatic rings. The lowest BCUT2D eigenvalue weighted by Gasteiger charge is -2.31. The maximum absolute atomic E-state index is 5.74. The standard InChI is InChI=1S/C10H15ClN4.ClH/c11-9-6-13-10(14-7-9)15-3-1-8(5-12)2-4-15;/h6-8H,1-5,12H2;1H. The summed E-state index contributed by atoms with van der Waals surface area (Å²) in [5, 5.41) is 0.579. The molecular formula is C10H16Cl2N4. The van der Waals surface area contributed by atoms with Crippen LogP contribution in [0, 0.1) is 5.92 Å². The smallest absolute Gasteiger partial charge is 0.225 e. The first-order valence-electron chi connectivity index (χ1n) is 5.22. The first kappa shape index (κ1) is 13.5. The highest BCUT2D eigenvalue weighted by Crippen LogP contribution is 2.19. The van der Waals surface area contributed by atoms with Crippen molar-refractivity contribution in [3.05, 3.63) is 17.4 Å². The summed E-state index contributed by atoms with van der Waals surface area (Å²) >= 11 is 5.74. The van der Waals surface area contributed by atoms with Gasteiger partial charge in [0.1, 0.15) is 0 Å². The van der Waals surface area contributed by atoms with Crippen LogP contribution in [-0.2, 0) is 0 Å². The topological polar surface area (TPSA) is 55.0 Å². The summed E-state index contributed by atoms with van der Waals surface area (Å²) in [6.07, 6.45) is 5.53. The van der Waals surface area contributed by atoms with E-state index in [4.69, 9.17) is 17.3 Å². The van der Waals surface area contributed by atoms with Crippen LogP contribution in [0.5, 0.6) is 0 Å². The Kier molecular flexibility index (Phi) is 5.25. The zero-order valence-electron chi connectivity index (χ0n) is 8.97. The number of nitrogens with zero attached hydrogens (tertiary/aromatic N) is 3. The molecule has 1 aromatic heterocycles. The van der Waals surface area contributed by atoms with Crippen molar-refractivity contribution in [1.29, 1.82) is 0 Å². The molecule has 0 amide bonds. The van der Waals surface area contributed by atoms with E-state index in [2.05, 4.69) is 14.9 Å². The number of aromatic nitrogens is 2. The minimum Gasteiger partial charge on any atom is -0.341 e. The van der Waals surface area contributed by atoms with E-state index >= 15 is 0 Å². The summed E-state index contributed by atoms with van der Waals surface area (Å²) in [4.78, 5) is 10.6. The monoisotopic (exact) mass is 262 g/mol. The number of hydrogen-bond acceptors (Lipinski definition) is 4. The van der Waals surface area contributed by atoms with Crippen LogP contribution >= 0.6 is 24.0 Å². The fourth-order valence-electron chi connectivity index (χ4n) is 1.84. The van der Waals surface area contributed by atoms with E-state index in [1.165, 1.54) is 0 Å². The van der Waals surface area contributed by atoms with Gasteiger partial charge < -0.3 is 10.6 Å². The molecule has 4 nitrogen and oxygen atoms in total. The molecule has 0 unspecified atom stereocenters. The van der Waals surface area contributed by atoms with Crippen molar-refractivity contribution in [3.8, 4) is 0 Å². The Labute approximate surface area is 107 Å². The van der Waals surface area contributed by atoms with Gasteiger partial charge in [-0.05, 0) is 25.3 Å². The second-order valence-electron chi connectivity index (χ2n) is 3.87. The second kappa shape index (κ2) is 6.23. The van der Waals surface area contributed by atoms with E-state index in [1.54, 1.807) is 12.4 Å². The van der Waals surface area contributed by atoms with Gasteiger partial charge in [0.15, 0.2) is 0 Å². The largest absolute Gasteiger partial charge is 0.341 e. The summed E-state index contributed by atoms with van der Waals surface area (Å²) in [5.41, 5.74) is 5.64. The molecule has 1 fully saturated rings. The minimum atomic E-state index is 0. The highest BCUT2D eigenvalue weighted by molar-refractivity contribution is 6.30. The van der Waals surface area contributed by atoms with Gasteiger partial charge in [0.05, 0.1) is 17.4 Å². The van der Waals surface area contributed by atoms with Gasteiger partial charge in [-0.3, -0.25) is 0 Å². The van der Waals surface area contributed by atoms with E-state index in [9.17, 15) is 0 Å². The summed E-state index contributed by atoms with van der Waals surface area (Å²) in [5.74, 6) is 1.43. The van der Waals surface area contributed by atoms with Gasteiger partial charge in [0, 0.05) is 13.1 Å². The van der Waals surface area contributed by atoms with Gasteiger partial charge in [-0.25, -0.2) is 9.97 Å². The normalized spacial score (nSPS) is 17.0. The number of anilines is 1. The Hall–Kier alpha value is -0.580. The van der Waals surface area contributed by atoms with Crippen molar-refractivity contribution in [2.75, 3.05) is 24.5 Å². The van der Waals surface area contributed by atoms with Gasteiger partial charge in [0.25, 0.3) is 0 Å². The third kappa shape index (κ3) is 3.20. The fraction of sp³-hybridized carbons (Fsp3) is 0.600. The molecule has 2 N–H and O–H groups in total. The Morgan fingerprint density at radius 3 is 2.38 bits per heavy atom. The first-order chi connectivity index (χ1) is 7.29. The SMILES string of the molecule is Cl.NCC1CCN(c2ncc(Cl)cn2)CC1. The van der Waals surface area contributed by atoms with Crippen molar-refractivity contribution < 1.29 is 0 Å². The van der Waals surface area contributed by atoms with Crippen LogP contribution in [0.3, 0.4) is 0 Å². The highest BCUT2D eigenvalue weighted by atomic mass is 35.5. The quantitative estimate of drug-likeness (QED) is 0.882. The summed E-state index contributed by atoms with van der Waals surface area (Å²) < 4.78 is 0. The van der Waals surface area contributed by atoms with Gasteiger partial charge in [0.2, 0.25) is 5.95 Å². The van der Waals surface area contributed by atoms with E-state index in [-0.39, 0.29) is 12.4 Å². The van der Waals surface area contributed by atoms with Gasteiger partial charge in [-0.1, -0.05) is 11.6 Å². The number of nitrogens with two attached hydrogens (primary N) is 1. The Bertz CT molecular complexity index is 309. The van der Waals surface area contributed by atoms with E-state index < -0.39 is 0 Å². The molecule has 0 saturated carbocycles. The Morgan fingerprint density at radius 1 is 1.31 bits per heavy atom. The lowest BCUT2D eigenvalue weighted by Crippen LogP contribution is -2.36. The number of hydrogen-bond donors (Lipinski definition) is 1. The fourth-order valence-corrected chi connectivity index (χ4v) is 1.94. The van der Waals surface area contributed by atoms with Crippen LogP contribution in [0.4, 0.5) is 5.95 Å². The summed E-state index contributed by atoms with van der Waals surface area (Å²) in [6.45, 7) is 2.77. The van der Waals surface area contributed by atoms with Crippen LogP contribution in [0.15, 0.2) is 12.4 Å². The molecule has 0 radical (unpaired) electrons. The van der Waals surface area contributed by atoms with Gasteiger partial charge in [-0.15, -0.1) is 12.4 Å². The third-order valence-corrected chi connectivity index (χ3v) is 3.03. The molecule has 6 heteroatoms. The molecule has 90 valence electrons. The summed E-state index contributed by atoms with van der Waals surface area (Å²) in [7, 11) is 0.